The Morgan fingerprint density at radius 3 is 2.40 bits per heavy atom. The molecule has 112 valence electrons. The molecule has 1 aromatic rings. The molecule has 0 radical (unpaired) electrons. The maximum absolute atomic E-state index is 11.3. The fourth-order valence-corrected chi connectivity index (χ4v) is 1.80. The highest BCUT2D eigenvalue weighted by molar-refractivity contribution is 5.73. The summed E-state index contributed by atoms with van der Waals surface area (Å²) in [5.41, 5.74) is 1.26. The molecular weight excluding hydrogens is 252 g/mol. The molecule has 2 N–H and O–H groups in total. The lowest BCUT2D eigenvalue weighted by Gasteiger charge is -2.10. The minimum absolute atomic E-state index is 0.0764. The van der Waals surface area contributed by atoms with Crippen LogP contribution < -0.4 is 15.4 Å². The molecule has 0 spiro atoms. The average molecular weight is 278 g/mol. The number of nitrogens with one attached hydrogen (secondary N) is 2. The smallest absolute Gasteiger partial charge is 0.314 e. The summed E-state index contributed by atoms with van der Waals surface area (Å²) in [7, 11) is 0. The van der Waals surface area contributed by atoms with Crippen molar-refractivity contribution in [1.82, 2.24) is 10.6 Å². The van der Waals surface area contributed by atoms with Crippen LogP contribution in [0.5, 0.6) is 5.75 Å². The first-order valence-electron chi connectivity index (χ1n) is 7.39. The maximum atomic E-state index is 11.3. The molecule has 0 aliphatic carbocycles. The Labute approximate surface area is 121 Å². The van der Waals surface area contributed by atoms with Crippen molar-refractivity contribution < 1.29 is 9.53 Å². The van der Waals surface area contributed by atoms with Crippen molar-refractivity contribution in [1.29, 1.82) is 0 Å². The second kappa shape index (κ2) is 9.23. The van der Waals surface area contributed by atoms with Gasteiger partial charge in [0, 0.05) is 13.1 Å². The van der Waals surface area contributed by atoms with Crippen molar-refractivity contribution in [2.75, 3.05) is 13.1 Å². The molecule has 0 unspecified atom stereocenters. The third kappa shape index (κ3) is 7.02. The lowest BCUT2D eigenvalue weighted by Crippen LogP contribution is -2.36. The zero-order valence-electron chi connectivity index (χ0n) is 12.7. The highest BCUT2D eigenvalue weighted by Crippen LogP contribution is 2.14. The van der Waals surface area contributed by atoms with E-state index >= 15 is 0 Å². The van der Waals surface area contributed by atoms with Gasteiger partial charge in [-0.15, -0.1) is 0 Å². The average Bonchev–Trinajstić information content (AvgIpc) is 2.42. The number of carbonyl (C=O) groups excluding carboxylic acids is 1. The summed E-state index contributed by atoms with van der Waals surface area (Å²) in [4.78, 5) is 11.3. The van der Waals surface area contributed by atoms with Gasteiger partial charge in [0.1, 0.15) is 5.75 Å². The van der Waals surface area contributed by atoms with Crippen molar-refractivity contribution in [3.63, 3.8) is 0 Å². The molecule has 20 heavy (non-hydrogen) atoms. The molecule has 0 aliphatic heterocycles. The van der Waals surface area contributed by atoms with Gasteiger partial charge in [-0.3, -0.25) is 0 Å². The van der Waals surface area contributed by atoms with Crippen LogP contribution >= 0.6 is 0 Å². The molecule has 0 heterocycles. The molecule has 4 nitrogen and oxygen atoms in total. The number of ether oxygens (including phenoxy) is 1. The predicted octanol–water partition coefficient (Wildman–Crippen LogP) is 3.12. The second-order valence-corrected chi connectivity index (χ2v) is 5.10. The van der Waals surface area contributed by atoms with Crippen LogP contribution in [0.3, 0.4) is 0 Å². The molecule has 0 saturated carbocycles. The Hall–Kier alpha value is -1.71. The van der Waals surface area contributed by atoms with Crippen LogP contribution in [0.25, 0.3) is 0 Å². The summed E-state index contributed by atoms with van der Waals surface area (Å²) in [6, 6.07) is 8.07. The van der Waals surface area contributed by atoms with E-state index in [1.165, 1.54) is 5.56 Å². The number of hydrogen-bond donors (Lipinski definition) is 2. The second-order valence-electron chi connectivity index (χ2n) is 5.10. The first kappa shape index (κ1) is 16.3. The Kier molecular flexibility index (Phi) is 7.55. The quantitative estimate of drug-likeness (QED) is 0.718. The summed E-state index contributed by atoms with van der Waals surface area (Å²) in [5, 5.41) is 5.64. The highest BCUT2D eigenvalue weighted by atomic mass is 16.5. The number of rotatable bonds is 8. The van der Waals surface area contributed by atoms with Crippen molar-refractivity contribution >= 4 is 6.03 Å². The fourth-order valence-electron chi connectivity index (χ4n) is 1.80. The topological polar surface area (TPSA) is 50.4 Å². The number of benzene rings is 1. The summed E-state index contributed by atoms with van der Waals surface area (Å²) in [5.74, 6) is 0.904. The first-order valence-corrected chi connectivity index (χ1v) is 7.39. The number of amides is 2. The maximum Gasteiger partial charge on any atom is 0.314 e. The molecule has 0 atom stereocenters. The van der Waals surface area contributed by atoms with E-state index in [2.05, 4.69) is 22.8 Å². The summed E-state index contributed by atoms with van der Waals surface area (Å²) in [6.45, 7) is 7.49. The van der Waals surface area contributed by atoms with Gasteiger partial charge in [0.2, 0.25) is 0 Å². The highest BCUT2D eigenvalue weighted by Gasteiger charge is 2.00. The predicted molar refractivity (Wildman–Crippen MR) is 82.2 cm³/mol. The van der Waals surface area contributed by atoms with Crippen LogP contribution in [-0.4, -0.2) is 25.2 Å². The van der Waals surface area contributed by atoms with Crippen LogP contribution in [0.4, 0.5) is 4.79 Å². The minimum Gasteiger partial charge on any atom is -0.491 e. The molecule has 0 aromatic heterocycles. The summed E-state index contributed by atoms with van der Waals surface area (Å²) in [6.07, 6.45) is 3.05. The van der Waals surface area contributed by atoms with E-state index in [-0.39, 0.29) is 12.1 Å². The number of carbonyl (C=O) groups is 1. The van der Waals surface area contributed by atoms with E-state index < -0.39 is 0 Å². The van der Waals surface area contributed by atoms with E-state index in [0.29, 0.717) is 6.54 Å². The largest absolute Gasteiger partial charge is 0.491 e. The molecule has 4 heteroatoms. The number of aryl methyl sites for hydroxylation is 1. The lowest BCUT2D eigenvalue weighted by molar-refractivity contribution is 0.240. The third-order valence-corrected chi connectivity index (χ3v) is 2.76. The van der Waals surface area contributed by atoms with Crippen molar-refractivity contribution in [2.24, 2.45) is 0 Å². The van der Waals surface area contributed by atoms with Crippen molar-refractivity contribution in [3.8, 4) is 5.75 Å². The van der Waals surface area contributed by atoms with Gasteiger partial charge in [-0.25, -0.2) is 4.79 Å². The van der Waals surface area contributed by atoms with Gasteiger partial charge in [0.25, 0.3) is 0 Å². The van der Waals surface area contributed by atoms with E-state index in [1.54, 1.807) is 0 Å². The monoisotopic (exact) mass is 278 g/mol. The van der Waals surface area contributed by atoms with Crippen LogP contribution in [0.1, 0.15) is 39.2 Å². The van der Waals surface area contributed by atoms with Crippen LogP contribution in [0.15, 0.2) is 24.3 Å². The van der Waals surface area contributed by atoms with Crippen LogP contribution in [0.2, 0.25) is 0 Å². The molecule has 2 amide bonds. The molecule has 0 fully saturated rings. The van der Waals surface area contributed by atoms with Gasteiger partial charge in [-0.2, -0.15) is 0 Å². The fraction of sp³-hybridized carbons (Fsp3) is 0.562. The van der Waals surface area contributed by atoms with E-state index in [9.17, 15) is 4.79 Å². The van der Waals surface area contributed by atoms with Crippen molar-refractivity contribution in [2.45, 2.75) is 46.1 Å². The van der Waals surface area contributed by atoms with Gasteiger partial charge in [0.15, 0.2) is 0 Å². The molecule has 1 aromatic carbocycles. The van der Waals surface area contributed by atoms with Crippen molar-refractivity contribution in [3.05, 3.63) is 29.8 Å². The molecule has 1 rings (SSSR count). The van der Waals surface area contributed by atoms with Crippen LogP contribution in [-0.2, 0) is 6.42 Å². The first-order chi connectivity index (χ1) is 9.61. The summed E-state index contributed by atoms with van der Waals surface area (Å²) < 4.78 is 5.60. The summed E-state index contributed by atoms with van der Waals surface area (Å²) >= 11 is 0. The van der Waals surface area contributed by atoms with Gasteiger partial charge >= 0.3 is 6.03 Å². The Morgan fingerprint density at radius 2 is 1.80 bits per heavy atom. The molecular formula is C16H26N2O2. The SMILES string of the molecule is CCCNC(=O)NCCCc1ccc(OC(C)C)cc1. The van der Waals surface area contributed by atoms with Gasteiger partial charge in [-0.1, -0.05) is 19.1 Å². The lowest BCUT2D eigenvalue weighted by atomic mass is 10.1. The zero-order chi connectivity index (χ0) is 14.8. The van der Waals surface area contributed by atoms with Crippen LogP contribution in [0, 0.1) is 0 Å². The van der Waals surface area contributed by atoms with Gasteiger partial charge in [0.05, 0.1) is 6.10 Å². The minimum atomic E-state index is -0.0764. The Morgan fingerprint density at radius 1 is 1.15 bits per heavy atom. The standard InChI is InChI=1S/C16H26N2O2/c1-4-11-17-16(19)18-12-5-6-14-7-9-15(10-8-14)20-13(2)3/h7-10,13H,4-6,11-12H2,1-3H3,(H2,17,18,19). The molecule has 0 bridgehead atoms. The van der Waals surface area contributed by atoms with Gasteiger partial charge in [-0.05, 0) is 50.8 Å². The Balaban J connectivity index is 2.20. The zero-order valence-corrected chi connectivity index (χ0v) is 12.7. The van der Waals surface area contributed by atoms with E-state index in [1.807, 2.05) is 32.9 Å². The number of urea groups is 1. The normalized spacial score (nSPS) is 10.4. The molecule has 0 aliphatic rings. The third-order valence-electron chi connectivity index (χ3n) is 2.76. The Bertz CT molecular complexity index is 388. The number of hydrogen-bond acceptors (Lipinski definition) is 2. The van der Waals surface area contributed by atoms with E-state index in [0.717, 1.165) is 31.6 Å². The van der Waals surface area contributed by atoms with Gasteiger partial charge < -0.3 is 15.4 Å². The molecule has 0 saturated heterocycles. The van der Waals surface area contributed by atoms with E-state index in [4.69, 9.17) is 4.74 Å².